The van der Waals surface area contributed by atoms with Crippen LogP contribution in [0.15, 0.2) is 42.5 Å². The van der Waals surface area contributed by atoms with Crippen LogP contribution in [0.3, 0.4) is 0 Å². The second-order valence-electron chi connectivity index (χ2n) is 6.46. The molecule has 5 heteroatoms. The quantitative estimate of drug-likeness (QED) is 0.415. The molecule has 0 atom stereocenters. The third-order valence-electron chi connectivity index (χ3n) is 4.24. The van der Waals surface area contributed by atoms with Crippen molar-refractivity contribution in [1.82, 2.24) is 0 Å². The Morgan fingerprint density at radius 1 is 1.08 bits per heavy atom. The molecular weight excluding hydrogens is 329 g/mol. The third kappa shape index (κ3) is 6.75. The van der Waals surface area contributed by atoms with Gasteiger partial charge in [-0.15, -0.1) is 0 Å². The van der Waals surface area contributed by atoms with Crippen molar-refractivity contribution in [1.29, 1.82) is 0 Å². The van der Waals surface area contributed by atoms with Crippen LogP contribution in [-0.4, -0.2) is 12.5 Å². The molecular formula is C21H28FN3O. The van der Waals surface area contributed by atoms with Gasteiger partial charge in [-0.2, -0.15) is 0 Å². The second kappa shape index (κ2) is 10.4. The summed E-state index contributed by atoms with van der Waals surface area (Å²) in [7, 11) is 0. The highest BCUT2D eigenvalue weighted by atomic mass is 19.1. The first kappa shape index (κ1) is 19.8. The van der Waals surface area contributed by atoms with Gasteiger partial charge in [-0.25, -0.2) is 4.39 Å². The van der Waals surface area contributed by atoms with Gasteiger partial charge in [0.1, 0.15) is 5.82 Å². The van der Waals surface area contributed by atoms with E-state index < -0.39 is 0 Å². The fourth-order valence-electron chi connectivity index (χ4n) is 2.71. The minimum absolute atomic E-state index is 0.00446. The molecule has 0 aliphatic heterocycles. The lowest BCUT2D eigenvalue weighted by atomic mass is 10.1. The number of amides is 1. The summed E-state index contributed by atoms with van der Waals surface area (Å²) in [5.41, 5.74) is 9.20. The highest BCUT2D eigenvalue weighted by molar-refractivity contribution is 5.94. The Balaban J connectivity index is 1.78. The van der Waals surface area contributed by atoms with E-state index in [0.717, 1.165) is 43.4 Å². The molecule has 0 fully saturated rings. The van der Waals surface area contributed by atoms with Crippen LogP contribution < -0.4 is 16.4 Å². The highest BCUT2D eigenvalue weighted by Gasteiger charge is 2.06. The van der Waals surface area contributed by atoms with Gasteiger partial charge in [0.25, 0.3) is 0 Å². The van der Waals surface area contributed by atoms with Crippen molar-refractivity contribution in [2.45, 2.75) is 45.4 Å². The Labute approximate surface area is 155 Å². The van der Waals surface area contributed by atoms with Gasteiger partial charge in [0, 0.05) is 18.7 Å². The van der Waals surface area contributed by atoms with Gasteiger partial charge < -0.3 is 16.4 Å². The summed E-state index contributed by atoms with van der Waals surface area (Å²) in [6, 6.07) is 12.0. The number of carbonyl (C=O) groups is 1. The lowest BCUT2D eigenvalue weighted by Crippen LogP contribution is -2.13. The molecule has 26 heavy (non-hydrogen) atoms. The molecule has 0 heterocycles. The average Bonchev–Trinajstić information content (AvgIpc) is 2.63. The van der Waals surface area contributed by atoms with Gasteiger partial charge in [0.15, 0.2) is 0 Å². The minimum atomic E-state index is -0.225. The molecule has 0 bridgehead atoms. The number of carbonyl (C=O) groups excluding carboxylic acids is 1. The van der Waals surface area contributed by atoms with Gasteiger partial charge in [-0.05, 0) is 48.7 Å². The molecule has 4 N–H and O–H groups in total. The third-order valence-corrected chi connectivity index (χ3v) is 4.24. The van der Waals surface area contributed by atoms with Crippen molar-refractivity contribution in [2.24, 2.45) is 0 Å². The summed E-state index contributed by atoms with van der Waals surface area (Å²) >= 11 is 0. The monoisotopic (exact) mass is 357 g/mol. The number of nitrogens with one attached hydrogen (secondary N) is 2. The SMILES string of the molecule is CCCCCCC(=O)Nc1ccc(NCCc2ccc(F)cc2)cc1N. The maximum absolute atomic E-state index is 12.9. The zero-order valence-electron chi connectivity index (χ0n) is 15.4. The van der Waals surface area contributed by atoms with E-state index >= 15 is 0 Å². The number of rotatable bonds is 10. The van der Waals surface area contributed by atoms with Crippen LogP contribution in [0.1, 0.15) is 44.6 Å². The van der Waals surface area contributed by atoms with Crippen molar-refractivity contribution in [3.63, 3.8) is 0 Å². The van der Waals surface area contributed by atoms with Crippen LogP contribution in [0.4, 0.5) is 21.5 Å². The molecule has 0 saturated heterocycles. The zero-order chi connectivity index (χ0) is 18.8. The summed E-state index contributed by atoms with van der Waals surface area (Å²) in [5, 5.41) is 6.17. The van der Waals surface area contributed by atoms with E-state index in [4.69, 9.17) is 5.73 Å². The van der Waals surface area contributed by atoms with Crippen molar-refractivity contribution in [3.8, 4) is 0 Å². The molecule has 0 saturated carbocycles. The number of nitrogens with two attached hydrogens (primary N) is 1. The standard InChI is InChI=1S/C21H28FN3O/c1-2-3-4-5-6-21(26)25-20-12-11-18(15-19(20)23)24-14-13-16-7-9-17(22)10-8-16/h7-12,15,24H,2-6,13-14,23H2,1H3,(H,25,26). The van der Waals surface area contributed by atoms with Crippen molar-refractivity contribution < 1.29 is 9.18 Å². The van der Waals surface area contributed by atoms with Gasteiger partial charge in [0.2, 0.25) is 5.91 Å². The summed E-state index contributed by atoms with van der Waals surface area (Å²) < 4.78 is 12.9. The molecule has 4 nitrogen and oxygen atoms in total. The topological polar surface area (TPSA) is 67.2 Å². The van der Waals surface area contributed by atoms with Crippen LogP contribution in [0, 0.1) is 5.82 Å². The van der Waals surface area contributed by atoms with E-state index in [2.05, 4.69) is 17.6 Å². The molecule has 0 radical (unpaired) electrons. The summed E-state index contributed by atoms with van der Waals surface area (Å²) in [5.74, 6) is -0.220. The van der Waals surface area contributed by atoms with Crippen molar-refractivity contribution in [3.05, 3.63) is 53.8 Å². The number of hydrogen-bond donors (Lipinski definition) is 3. The molecule has 2 aromatic carbocycles. The van der Waals surface area contributed by atoms with E-state index in [1.165, 1.54) is 12.1 Å². The smallest absolute Gasteiger partial charge is 0.224 e. The van der Waals surface area contributed by atoms with E-state index in [9.17, 15) is 9.18 Å². The average molecular weight is 357 g/mol. The lowest BCUT2D eigenvalue weighted by Gasteiger charge is -2.12. The molecule has 0 aliphatic carbocycles. The van der Waals surface area contributed by atoms with Crippen LogP contribution in [0.25, 0.3) is 0 Å². The van der Waals surface area contributed by atoms with Crippen molar-refractivity contribution >= 4 is 23.0 Å². The summed E-state index contributed by atoms with van der Waals surface area (Å²) in [4.78, 5) is 12.0. The maximum Gasteiger partial charge on any atom is 0.224 e. The Bertz CT molecular complexity index is 701. The molecule has 0 aliphatic rings. The van der Waals surface area contributed by atoms with Gasteiger partial charge in [-0.3, -0.25) is 4.79 Å². The largest absolute Gasteiger partial charge is 0.397 e. The van der Waals surface area contributed by atoms with E-state index in [0.29, 0.717) is 24.3 Å². The predicted molar refractivity (Wildman–Crippen MR) is 107 cm³/mol. The van der Waals surface area contributed by atoms with Crippen LogP contribution in [0.5, 0.6) is 0 Å². The van der Waals surface area contributed by atoms with Gasteiger partial charge in [0.05, 0.1) is 11.4 Å². The first-order chi connectivity index (χ1) is 12.6. The van der Waals surface area contributed by atoms with Gasteiger partial charge in [-0.1, -0.05) is 38.3 Å². The summed E-state index contributed by atoms with van der Waals surface area (Å²) in [6.45, 7) is 2.87. The van der Waals surface area contributed by atoms with Crippen LogP contribution in [-0.2, 0) is 11.2 Å². The number of anilines is 3. The molecule has 2 rings (SSSR count). The Hall–Kier alpha value is -2.56. The first-order valence-corrected chi connectivity index (χ1v) is 9.26. The predicted octanol–water partition coefficient (Wildman–Crippen LogP) is 4.97. The van der Waals surface area contributed by atoms with Crippen LogP contribution in [0.2, 0.25) is 0 Å². The number of hydrogen-bond acceptors (Lipinski definition) is 3. The summed E-state index contributed by atoms with van der Waals surface area (Å²) in [6.07, 6.45) is 5.62. The lowest BCUT2D eigenvalue weighted by molar-refractivity contribution is -0.116. The molecule has 140 valence electrons. The number of nitrogen functional groups attached to an aromatic ring is 1. The Morgan fingerprint density at radius 2 is 1.85 bits per heavy atom. The van der Waals surface area contributed by atoms with E-state index in [1.54, 1.807) is 12.1 Å². The minimum Gasteiger partial charge on any atom is -0.397 e. The van der Waals surface area contributed by atoms with E-state index in [-0.39, 0.29) is 11.7 Å². The van der Waals surface area contributed by atoms with Crippen LogP contribution >= 0.6 is 0 Å². The molecule has 2 aromatic rings. The second-order valence-corrected chi connectivity index (χ2v) is 6.46. The fourth-order valence-corrected chi connectivity index (χ4v) is 2.71. The Morgan fingerprint density at radius 3 is 2.54 bits per heavy atom. The molecule has 1 amide bonds. The maximum atomic E-state index is 12.9. The zero-order valence-corrected chi connectivity index (χ0v) is 15.4. The Kier molecular flexibility index (Phi) is 7.93. The normalized spacial score (nSPS) is 10.5. The molecule has 0 unspecified atom stereocenters. The van der Waals surface area contributed by atoms with Crippen molar-refractivity contribution in [2.75, 3.05) is 22.9 Å². The fraction of sp³-hybridized carbons (Fsp3) is 0.381. The number of benzene rings is 2. The highest BCUT2D eigenvalue weighted by Crippen LogP contribution is 2.23. The number of halogens is 1. The van der Waals surface area contributed by atoms with E-state index in [1.807, 2.05) is 18.2 Å². The first-order valence-electron chi connectivity index (χ1n) is 9.26. The molecule has 0 aromatic heterocycles. The van der Waals surface area contributed by atoms with Gasteiger partial charge >= 0.3 is 0 Å². The molecule has 0 spiro atoms. The number of unbranched alkanes of at least 4 members (excludes halogenated alkanes) is 3.